The predicted molar refractivity (Wildman–Crippen MR) is 89.7 cm³/mol. The highest BCUT2D eigenvalue weighted by molar-refractivity contribution is 6.00. The second-order valence-corrected chi connectivity index (χ2v) is 6.42. The lowest BCUT2D eigenvalue weighted by Gasteiger charge is -2.34. The maximum atomic E-state index is 12.4. The second-order valence-electron chi connectivity index (χ2n) is 6.42. The minimum Gasteiger partial charge on any atom is -0.484 e. The molecule has 1 unspecified atom stereocenters. The van der Waals surface area contributed by atoms with Crippen molar-refractivity contribution in [1.29, 1.82) is 0 Å². The molecule has 0 aliphatic carbocycles. The summed E-state index contributed by atoms with van der Waals surface area (Å²) in [7, 11) is 0. The third-order valence-electron chi connectivity index (χ3n) is 4.66. The molecule has 1 aromatic carbocycles. The molecule has 2 aromatic rings. The number of ketones is 1. The van der Waals surface area contributed by atoms with Crippen LogP contribution < -0.4 is 9.47 Å². The number of nitrogens with zero attached hydrogens (tertiary/aromatic N) is 2. The van der Waals surface area contributed by atoms with E-state index in [0.717, 1.165) is 0 Å². The maximum absolute atomic E-state index is 12.4. The van der Waals surface area contributed by atoms with Gasteiger partial charge in [0.15, 0.2) is 12.4 Å². The normalized spacial score (nSPS) is 21.8. The molecule has 25 heavy (non-hydrogen) atoms. The van der Waals surface area contributed by atoms with E-state index in [9.17, 15) is 9.59 Å². The van der Waals surface area contributed by atoms with Crippen LogP contribution in [0.3, 0.4) is 0 Å². The Kier molecular flexibility index (Phi) is 3.87. The van der Waals surface area contributed by atoms with Gasteiger partial charge in [-0.25, -0.2) is 0 Å². The summed E-state index contributed by atoms with van der Waals surface area (Å²) in [6.45, 7) is 0.916. The van der Waals surface area contributed by atoms with Crippen molar-refractivity contribution in [2.24, 2.45) is 0 Å². The third kappa shape index (κ3) is 3.07. The Balaban J connectivity index is 1.41. The molecule has 0 N–H and O–H groups in total. The van der Waals surface area contributed by atoms with Gasteiger partial charge < -0.3 is 14.4 Å². The molecule has 6 heteroatoms. The van der Waals surface area contributed by atoms with E-state index in [1.54, 1.807) is 35.5 Å². The van der Waals surface area contributed by atoms with E-state index in [0.29, 0.717) is 43.0 Å². The number of rotatable bonds is 3. The Morgan fingerprint density at radius 2 is 2.16 bits per heavy atom. The number of Topliss-reactive ketones (excluding diaryl/α,β-unsaturated/α-hetero) is 1. The van der Waals surface area contributed by atoms with Crippen LogP contribution in [0.15, 0.2) is 48.8 Å². The van der Waals surface area contributed by atoms with Crippen molar-refractivity contribution in [2.75, 3.05) is 19.7 Å². The fraction of sp³-hybridized carbons (Fsp3) is 0.316. The summed E-state index contributed by atoms with van der Waals surface area (Å²) in [6, 6.07) is 10.8. The van der Waals surface area contributed by atoms with Gasteiger partial charge >= 0.3 is 0 Å². The van der Waals surface area contributed by atoms with E-state index in [1.807, 2.05) is 18.2 Å². The monoisotopic (exact) mass is 338 g/mol. The number of pyridine rings is 1. The van der Waals surface area contributed by atoms with Crippen molar-refractivity contribution >= 4 is 11.7 Å². The van der Waals surface area contributed by atoms with Crippen LogP contribution in [-0.2, 0) is 4.79 Å². The maximum Gasteiger partial charge on any atom is 0.260 e. The first-order valence-corrected chi connectivity index (χ1v) is 8.27. The molecule has 1 fully saturated rings. The minimum absolute atomic E-state index is 0.0493. The van der Waals surface area contributed by atoms with Crippen molar-refractivity contribution in [1.82, 2.24) is 9.88 Å². The lowest BCUT2D eigenvalue weighted by atomic mass is 9.89. The van der Waals surface area contributed by atoms with Gasteiger partial charge in [0.2, 0.25) is 0 Å². The Hall–Kier alpha value is -2.89. The quantitative estimate of drug-likeness (QED) is 0.857. The van der Waals surface area contributed by atoms with Gasteiger partial charge in [0.1, 0.15) is 17.1 Å². The Morgan fingerprint density at radius 3 is 3.00 bits per heavy atom. The molecular formula is C19H18N2O4. The number of para-hydroxylation sites is 1. The molecule has 2 aliphatic rings. The van der Waals surface area contributed by atoms with Gasteiger partial charge in [-0.3, -0.25) is 14.6 Å². The first kappa shape index (κ1) is 15.6. The molecule has 1 atom stereocenters. The highest BCUT2D eigenvalue weighted by Gasteiger charge is 2.46. The van der Waals surface area contributed by atoms with Gasteiger partial charge in [-0.05, 0) is 24.3 Å². The number of carbonyl (C=O) groups is 2. The lowest BCUT2D eigenvalue weighted by Crippen LogP contribution is -2.45. The Morgan fingerprint density at radius 1 is 1.28 bits per heavy atom. The van der Waals surface area contributed by atoms with Crippen molar-refractivity contribution in [3.8, 4) is 11.5 Å². The van der Waals surface area contributed by atoms with Gasteiger partial charge in [-0.15, -0.1) is 0 Å². The number of likely N-dealkylation sites (tertiary alicyclic amines) is 1. The summed E-state index contributed by atoms with van der Waals surface area (Å²) in [5.74, 6) is 1.13. The summed E-state index contributed by atoms with van der Waals surface area (Å²) in [4.78, 5) is 30.5. The zero-order chi connectivity index (χ0) is 17.3. The summed E-state index contributed by atoms with van der Waals surface area (Å²) >= 11 is 0. The minimum atomic E-state index is -0.616. The summed E-state index contributed by atoms with van der Waals surface area (Å²) in [5, 5.41) is 0. The number of benzene rings is 1. The standard InChI is InChI=1S/C19H18N2O4/c22-16-10-19(25-17-6-2-1-5-15(16)17)7-9-21(13-19)18(23)12-24-14-4-3-8-20-11-14/h1-6,8,11H,7,9-10,12-13H2. The molecule has 1 aromatic heterocycles. The molecule has 1 amide bonds. The molecule has 6 nitrogen and oxygen atoms in total. The van der Waals surface area contributed by atoms with Gasteiger partial charge in [-0.1, -0.05) is 12.1 Å². The number of ether oxygens (including phenoxy) is 2. The summed E-state index contributed by atoms with van der Waals surface area (Å²) in [5.41, 5.74) is 0.00730. The summed E-state index contributed by atoms with van der Waals surface area (Å²) in [6.07, 6.45) is 4.16. The van der Waals surface area contributed by atoms with Crippen molar-refractivity contribution in [2.45, 2.75) is 18.4 Å². The van der Waals surface area contributed by atoms with Gasteiger partial charge in [-0.2, -0.15) is 0 Å². The second kappa shape index (κ2) is 6.20. The Labute approximate surface area is 145 Å². The fourth-order valence-corrected chi connectivity index (χ4v) is 3.40. The summed E-state index contributed by atoms with van der Waals surface area (Å²) < 4.78 is 11.6. The Bertz CT molecular complexity index is 808. The number of fused-ring (bicyclic) bond motifs is 1. The third-order valence-corrected chi connectivity index (χ3v) is 4.66. The predicted octanol–water partition coefficient (Wildman–Crippen LogP) is 2.10. The van der Waals surface area contributed by atoms with E-state index in [4.69, 9.17) is 9.47 Å². The number of hydrogen-bond donors (Lipinski definition) is 0. The molecule has 2 aliphatic heterocycles. The van der Waals surface area contributed by atoms with Gasteiger partial charge in [0, 0.05) is 19.2 Å². The van der Waals surface area contributed by atoms with Gasteiger partial charge in [0.05, 0.1) is 24.7 Å². The van der Waals surface area contributed by atoms with E-state index < -0.39 is 5.60 Å². The average Bonchev–Trinajstić information content (AvgIpc) is 3.04. The highest BCUT2D eigenvalue weighted by atomic mass is 16.5. The molecule has 0 radical (unpaired) electrons. The van der Waals surface area contributed by atoms with E-state index in [-0.39, 0.29) is 18.3 Å². The van der Waals surface area contributed by atoms with Crippen molar-refractivity contribution in [3.63, 3.8) is 0 Å². The van der Waals surface area contributed by atoms with E-state index in [1.165, 1.54) is 0 Å². The topological polar surface area (TPSA) is 68.7 Å². The molecule has 4 rings (SSSR count). The van der Waals surface area contributed by atoms with Crippen LogP contribution in [0.5, 0.6) is 11.5 Å². The van der Waals surface area contributed by atoms with Crippen LogP contribution in [0.4, 0.5) is 0 Å². The van der Waals surface area contributed by atoms with Gasteiger partial charge in [0.25, 0.3) is 5.91 Å². The fourth-order valence-electron chi connectivity index (χ4n) is 3.40. The average molecular weight is 338 g/mol. The highest BCUT2D eigenvalue weighted by Crippen LogP contribution is 2.38. The smallest absolute Gasteiger partial charge is 0.260 e. The lowest BCUT2D eigenvalue weighted by molar-refractivity contribution is -0.133. The molecular weight excluding hydrogens is 320 g/mol. The van der Waals surface area contributed by atoms with Crippen molar-refractivity contribution < 1.29 is 19.1 Å². The van der Waals surface area contributed by atoms with Crippen LogP contribution in [0.2, 0.25) is 0 Å². The zero-order valence-corrected chi connectivity index (χ0v) is 13.7. The first-order chi connectivity index (χ1) is 12.2. The number of carbonyl (C=O) groups excluding carboxylic acids is 2. The largest absolute Gasteiger partial charge is 0.484 e. The number of hydrogen-bond acceptors (Lipinski definition) is 5. The first-order valence-electron chi connectivity index (χ1n) is 8.27. The molecule has 0 bridgehead atoms. The molecule has 3 heterocycles. The SMILES string of the molecule is O=C1CC2(CCN(C(=O)COc3cccnc3)C2)Oc2ccccc21. The molecule has 128 valence electrons. The van der Waals surface area contributed by atoms with E-state index in [2.05, 4.69) is 4.98 Å². The zero-order valence-electron chi connectivity index (χ0n) is 13.7. The van der Waals surface area contributed by atoms with Crippen LogP contribution in [0, 0.1) is 0 Å². The molecule has 0 saturated carbocycles. The van der Waals surface area contributed by atoms with E-state index >= 15 is 0 Å². The number of amides is 1. The number of aromatic nitrogens is 1. The van der Waals surface area contributed by atoms with Crippen molar-refractivity contribution in [3.05, 3.63) is 54.4 Å². The van der Waals surface area contributed by atoms with Crippen LogP contribution >= 0.6 is 0 Å². The molecule has 1 spiro atoms. The van der Waals surface area contributed by atoms with Crippen LogP contribution in [0.25, 0.3) is 0 Å². The van der Waals surface area contributed by atoms with Crippen LogP contribution in [-0.4, -0.2) is 46.9 Å². The van der Waals surface area contributed by atoms with Crippen LogP contribution in [0.1, 0.15) is 23.2 Å². The molecule has 1 saturated heterocycles.